The fourth-order valence-electron chi connectivity index (χ4n) is 2.54. The van der Waals surface area contributed by atoms with E-state index < -0.39 is 0 Å². The van der Waals surface area contributed by atoms with Gasteiger partial charge in [0.05, 0.1) is 0 Å². The maximum Gasteiger partial charge on any atom is 0.191 e. The van der Waals surface area contributed by atoms with Crippen LogP contribution in [0.5, 0.6) is 0 Å². The molecule has 0 aliphatic rings. The minimum Gasteiger partial charge on any atom is -0.309 e. The first-order valence-electron chi connectivity index (χ1n) is 7.83. The maximum atomic E-state index is 4.35. The summed E-state index contributed by atoms with van der Waals surface area (Å²) in [5, 5.41) is 9.68. The van der Waals surface area contributed by atoms with E-state index in [9.17, 15) is 0 Å². The van der Waals surface area contributed by atoms with Crippen LogP contribution in [0, 0.1) is 6.92 Å². The van der Waals surface area contributed by atoms with Crippen LogP contribution in [0.3, 0.4) is 0 Å². The highest BCUT2D eigenvalue weighted by atomic mass is 32.2. The Kier molecular flexibility index (Phi) is 5.13. The van der Waals surface area contributed by atoms with Crippen molar-refractivity contribution in [2.45, 2.75) is 30.7 Å². The summed E-state index contributed by atoms with van der Waals surface area (Å²) < 4.78 is 2.11. The van der Waals surface area contributed by atoms with E-state index in [1.54, 1.807) is 11.8 Å². The molecule has 0 N–H and O–H groups in total. The first-order valence-corrected chi connectivity index (χ1v) is 8.81. The first-order chi connectivity index (χ1) is 11.2. The van der Waals surface area contributed by atoms with Gasteiger partial charge in [0.15, 0.2) is 5.16 Å². The smallest absolute Gasteiger partial charge is 0.191 e. The Morgan fingerprint density at radius 1 is 0.913 bits per heavy atom. The number of benzene rings is 2. The van der Waals surface area contributed by atoms with Gasteiger partial charge in [-0.1, -0.05) is 71.9 Å². The lowest BCUT2D eigenvalue weighted by Crippen LogP contribution is -2.01. The molecule has 3 rings (SSSR count). The molecule has 0 aliphatic carbocycles. The van der Waals surface area contributed by atoms with Gasteiger partial charge in [-0.25, -0.2) is 0 Å². The molecule has 3 aromatic rings. The Hall–Kier alpha value is -2.07. The molecule has 0 spiro atoms. The largest absolute Gasteiger partial charge is 0.309 e. The van der Waals surface area contributed by atoms with Gasteiger partial charge in [-0.05, 0) is 24.5 Å². The number of hydrogen-bond donors (Lipinski definition) is 0. The molecule has 0 amide bonds. The van der Waals surface area contributed by atoms with Crippen molar-refractivity contribution in [3.63, 3.8) is 0 Å². The topological polar surface area (TPSA) is 30.7 Å². The third-order valence-corrected chi connectivity index (χ3v) is 4.95. The van der Waals surface area contributed by atoms with Crippen LogP contribution in [0.1, 0.15) is 22.5 Å². The molecule has 0 bridgehead atoms. The molecule has 2 aromatic carbocycles. The number of aromatic nitrogens is 3. The fourth-order valence-corrected chi connectivity index (χ4v) is 3.41. The molecule has 0 saturated carbocycles. The van der Waals surface area contributed by atoms with Crippen molar-refractivity contribution in [1.29, 1.82) is 0 Å². The number of nitrogens with zero attached hydrogens (tertiary/aromatic N) is 3. The zero-order valence-electron chi connectivity index (χ0n) is 13.6. The Morgan fingerprint density at radius 2 is 1.70 bits per heavy atom. The van der Waals surface area contributed by atoms with Gasteiger partial charge in [-0.15, -0.1) is 10.2 Å². The normalized spacial score (nSPS) is 10.9. The van der Waals surface area contributed by atoms with E-state index in [4.69, 9.17) is 0 Å². The van der Waals surface area contributed by atoms with E-state index in [0.717, 1.165) is 29.6 Å². The third-order valence-electron chi connectivity index (χ3n) is 3.86. The zero-order chi connectivity index (χ0) is 16.1. The highest BCUT2D eigenvalue weighted by molar-refractivity contribution is 7.98. The molecule has 3 nitrogen and oxygen atoms in total. The van der Waals surface area contributed by atoms with Gasteiger partial charge in [0.1, 0.15) is 5.82 Å². The first kappa shape index (κ1) is 15.8. The Morgan fingerprint density at radius 3 is 2.48 bits per heavy atom. The molecule has 1 heterocycles. The van der Waals surface area contributed by atoms with Crippen molar-refractivity contribution in [1.82, 2.24) is 14.8 Å². The van der Waals surface area contributed by atoms with Crippen molar-refractivity contribution in [2.75, 3.05) is 0 Å². The van der Waals surface area contributed by atoms with Crippen LogP contribution >= 0.6 is 11.8 Å². The maximum absolute atomic E-state index is 4.35. The molecule has 0 radical (unpaired) electrons. The van der Waals surface area contributed by atoms with E-state index in [2.05, 4.69) is 77.3 Å². The number of rotatable bonds is 6. The van der Waals surface area contributed by atoms with E-state index >= 15 is 0 Å². The fraction of sp³-hybridized carbons (Fsp3) is 0.263. The summed E-state index contributed by atoms with van der Waals surface area (Å²) in [6.07, 6.45) is 1.91. The number of thioether (sulfide) groups is 1. The van der Waals surface area contributed by atoms with Crippen LogP contribution in [0.2, 0.25) is 0 Å². The summed E-state index contributed by atoms with van der Waals surface area (Å²) in [6.45, 7) is 2.12. The second-order valence-electron chi connectivity index (χ2n) is 5.72. The third kappa shape index (κ3) is 4.23. The van der Waals surface area contributed by atoms with Crippen molar-refractivity contribution in [3.05, 3.63) is 77.1 Å². The lowest BCUT2D eigenvalue weighted by atomic mass is 10.1. The van der Waals surface area contributed by atoms with Crippen molar-refractivity contribution < 1.29 is 0 Å². The van der Waals surface area contributed by atoms with Gasteiger partial charge >= 0.3 is 0 Å². The second-order valence-corrected chi connectivity index (χ2v) is 6.66. The predicted octanol–water partition coefficient (Wildman–Crippen LogP) is 4.20. The van der Waals surface area contributed by atoms with Crippen molar-refractivity contribution in [3.8, 4) is 0 Å². The minimum atomic E-state index is 0.915. The van der Waals surface area contributed by atoms with Crippen molar-refractivity contribution in [2.24, 2.45) is 7.05 Å². The standard InChI is InChI=1S/C19H21N3S/c1-15-7-6-10-17(13-15)14-23-19-21-20-18(22(19)2)12-11-16-8-4-3-5-9-16/h3-10,13H,11-12,14H2,1-2H3. The van der Waals surface area contributed by atoms with Gasteiger partial charge < -0.3 is 4.57 Å². The summed E-state index contributed by atoms with van der Waals surface area (Å²) in [5.41, 5.74) is 3.96. The van der Waals surface area contributed by atoms with Gasteiger partial charge in [0, 0.05) is 19.2 Å². The van der Waals surface area contributed by atoms with Crippen molar-refractivity contribution >= 4 is 11.8 Å². The highest BCUT2D eigenvalue weighted by Crippen LogP contribution is 2.22. The molecule has 4 heteroatoms. The van der Waals surface area contributed by atoms with E-state index in [0.29, 0.717) is 0 Å². The van der Waals surface area contributed by atoms with Gasteiger partial charge in [-0.2, -0.15) is 0 Å². The average Bonchev–Trinajstić information content (AvgIpc) is 2.92. The molecular formula is C19H21N3S. The summed E-state index contributed by atoms with van der Waals surface area (Å²) in [5.74, 6) is 1.97. The Balaban J connectivity index is 1.60. The molecule has 0 fully saturated rings. The lowest BCUT2D eigenvalue weighted by molar-refractivity contribution is 0.723. The monoisotopic (exact) mass is 323 g/mol. The molecule has 23 heavy (non-hydrogen) atoms. The van der Waals surface area contributed by atoms with Crippen LogP contribution in [-0.2, 0) is 25.6 Å². The van der Waals surface area contributed by atoms with Crippen LogP contribution in [0.15, 0.2) is 59.8 Å². The van der Waals surface area contributed by atoms with E-state index in [-0.39, 0.29) is 0 Å². The molecule has 0 aliphatic heterocycles. The predicted molar refractivity (Wildman–Crippen MR) is 95.6 cm³/mol. The average molecular weight is 323 g/mol. The second kappa shape index (κ2) is 7.47. The van der Waals surface area contributed by atoms with E-state index in [1.165, 1.54) is 16.7 Å². The minimum absolute atomic E-state index is 0.915. The molecular weight excluding hydrogens is 302 g/mol. The summed E-state index contributed by atoms with van der Waals surface area (Å²) >= 11 is 1.74. The van der Waals surface area contributed by atoms with Crippen LogP contribution in [-0.4, -0.2) is 14.8 Å². The van der Waals surface area contributed by atoms with Gasteiger partial charge in [0.2, 0.25) is 0 Å². The van der Waals surface area contributed by atoms with Crippen LogP contribution in [0.25, 0.3) is 0 Å². The summed E-state index contributed by atoms with van der Waals surface area (Å²) in [7, 11) is 2.05. The quantitative estimate of drug-likeness (QED) is 0.637. The molecule has 118 valence electrons. The SMILES string of the molecule is Cc1cccc(CSc2nnc(CCc3ccccc3)n2C)c1. The number of aryl methyl sites for hydroxylation is 3. The molecule has 0 unspecified atom stereocenters. The molecule has 0 saturated heterocycles. The summed E-state index contributed by atoms with van der Waals surface area (Å²) in [4.78, 5) is 0. The lowest BCUT2D eigenvalue weighted by Gasteiger charge is -2.05. The van der Waals surface area contributed by atoms with Gasteiger partial charge in [0.25, 0.3) is 0 Å². The highest BCUT2D eigenvalue weighted by Gasteiger charge is 2.09. The molecule has 1 aromatic heterocycles. The zero-order valence-corrected chi connectivity index (χ0v) is 14.4. The Bertz CT molecular complexity index is 765. The van der Waals surface area contributed by atoms with Crippen LogP contribution < -0.4 is 0 Å². The Labute approximate surface area is 141 Å². The van der Waals surface area contributed by atoms with Gasteiger partial charge in [-0.3, -0.25) is 0 Å². The van der Waals surface area contributed by atoms with E-state index in [1.807, 2.05) is 6.07 Å². The summed E-state index contributed by atoms with van der Waals surface area (Å²) in [6, 6.07) is 19.1. The molecule has 0 atom stereocenters. The van der Waals surface area contributed by atoms with Crippen LogP contribution in [0.4, 0.5) is 0 Å². The number of hydrogen-bond acceptors (Lipinski definition) is 3.